The van der Waals surface area contributed by atoms with Gasteiger partial charge in [0.2, 0.25) is 0 Å². The van der Waals surface area contributed by atoms with Crippen LogP contribution in [0.15, 0.2) is 18.2 Å². The summed E-state index contributed by atoms with van der Waals surface area (Å²) in [4.78, 5) is 0. The Labute approximate surface area is 165 Å². The molecule has 3 aliphatic carbocycles. The molecule has 0 amide bonds. The van der Waals surface area contributed by atoms with E-state index in [4.69, 9.17) is 27.8 Å². The molecule has 2 bridgehead atoms. The molecule has 26 heavy (non-hydrogen) atoms. The van der Waals surface area contributed by atoms with E-state index in [9.17, 15) is 13.5 Å². The summed E-state index contributed by atoms with van der Waals surface area (Å²) in [6.45, 7) is 4.27. The highest BCUT2D eigenvalue weighted by Crippen LogP contribution is 2.53. The van der Waals surface area contributed by atoms with Gasteiger partial charge in [-0.1, -0.05) is 43.1 Å². The van der Waals surface area contributed by atoms with Crippen LogP contribution in [0.5, 0.6) is 0 Å². The Kier molecular flexibility index (Phi) is 7.03. The van der Waals surface area contributed by atoms with Crippen molar-refractivity contribution >= 4 is 33.3 Å². The molecule has 1 aromatic carbocycles. The lowest BCUT2D eigenvalue weighted by atomic mass is 9.57. The lowest BCUT2D eigenvalue weighted by Gasteiger charge is -2.55. The maximum atomic E-state index is 11.6. The molecule has 1 aromatic rings. The van der Waals surface area contributed by atoms with Gasteiger partial charge in [-0.3, -0.25) is 4.55 Å². The van der Waals surface area contributed by atoms with Gasteiger partial charge < -0.3 is 10.4 Å². The largest absolute Gasteiger partial charge is 0.383 e. The summed E-state index contributed by atoms with van der Waals surface area (Å²) in [6, 6.07) is 6.03. The summed E-state index contributed by atoms with van der Waals surface area (Å²) >= 11 is 12.2. The molecular formula is C18H27Cl2NO4S. The molecule has 3 saturated carbocycles. The van der Waals surface area contributed by atoms with E-state index in [0.29, 0.717) is 34.2 Å². The van der Waals surface area contributed by atoms with E-state index >= 15 is 0 Å². The second kappa shape index (κ2) is 8.33. The van der Waals surface area contributed by atoms with Crippen LogP contribution in [-0.2, 0) is 15.7 Å². The lowest BCUT2D eigenvalue weighted by molar-refractivity contribution is -0.134. The van der Waals surface area contributed by atoms with Crippen LogP contribution in [0.3, 0.4) is 0 Å². The number of hydrogen-bond donors (Lipinski definition) is 3. The van der Waals surface area contributed by atoms with Gasteiger partial charge in [0.05, 0.1) is 16.3 Å². The highest BCUT2D eigenvalue weighted by atomic mass is 35.5. The molecule has 0 radical (unpaired) electrons. The fourth-order valence-electron chi connectivity index (χ4n) is 4.29. The fraction of sp³-hybridized carbons (Fsp3) is 0.667. The highest BCUT2D eigenvalue weighted by molar-refractivity contribution is 7.85. The van der Waals surface area contributed by atoms with Crippen molar-refractivity contribution in [1.29, 1.82) is 0 Å². The van der Waals surface area contributed by atoms with Gasteiger partial charge in [0.25, 0.3) is 10.1 Å². The third-order valence-electron chi connectivity index (χ3n) is 5.23. The van der Waals surface area contributed by atoms with Crippen molar-refractivity contribution < 1.29 is 18.1 Å². The van der Waals surface area contributed by atoms with Gasteiger partial charge in [-0.25, -0.2) is 0 Å². The topological polar surface area (TPSA) is 86.6 Å². The Morgan fingerprint density at radius 3 is 2.15 bits per heavy atom. The number of rotatable bonds is 3. The molecule has 3 N–H and O–H groups in total. The van der Waals surface area contributed by atoms with Gasteiger partial charge in [-0.15, -0.1) is 0 Å². The quantitative estimate of drug-likeness (QED) is 0.642. The summed E-state index contributed by atoms with van der Waals surface area (Å²) in [5.41, 5.74) is 0.0732. The van der Waals surface area contributed by atoms with Crippen molar-refractivity contribution in [3.8, 4) is 0 Å². The Balaban J connectivity index is 0.000000431. The third kappa shape index (κ3) is 5.12. The molecule has 0 aromatic heterocycles. The van der Waals surface area contributed by atoms with E-state index in [1.807, 2.05) is 12.1 Å². The van der Waals surface area contributed by atoms with E-state index in [0.717, 1.165) is 18.4 Å². The molecule has 0 aliphatic heterocycles. The zero-order valence-electron chi connectivity index (χ0n) is 15.2. The zero-order chi connectivity index (χ0) is 19.7. The maximum Gasteiger partial charge on any atom is 0.261 e. The second-order valence-corrected chi connectivity index (χ2v) is 9.88. The highest BCUT2D eigenvalue weighted by Gasteiger charge is 2.54. The Bertz CT molecular complexity index is 725. The minimum atomic E-state index is -3.67. The number of benzene rings is 1. The fourth-order valence-corrected chi connectivity index (χ4v) is 4.59. The predicted octanol–water partition coefficient (Wildman–Crippen LogP) is 3.87. The first-order valence-electron chi connectivity index (χ1n) is 8.79. The van der Waals surface area contributed by atoms with Crippen molar-refractivity contribution in [3.63, 3.8) is 0 Å². The first kappa shape index (κ1) is 21.9. The lowest BCUT2D eigenvalue weighted by Crippen LogP contribution is -2.63. The molecule has 0 saturated heterocycles. The van der Waals surface area contributed by atoms with Crippen molar-refractivity contribution in [3.05, 3.63) is 33.8 Å². The minimum Gasteiger partial charge on any atom is -0.383 e. The average Bonchev–Trinajstić information content (AvgIpc) is 2.52. The summed E-state index contributed by atoms with van der Waals surface area (Å²) in [5, 5.41) is 16.3. The third-order valence-corrected chi connectivity index (χ3v) is 5.97. The zero-order valence-corrected chi connectivity index (χ0v) is 17.6. The second-order valence-electron chi connectivity index (χ2n) is 7.60. The monoisotopic (exact) mass is 423 g/mol. The van der Waals surface area contributed by atoms with E-state index in [1.54, 1.807) is 6.07 Å². The molecule has 148 valence electrons. The van der Waals surface area contributed by atoms with Crippen molar-refractivity contribution in [1.82, 2.24) is 5.32 Å². The van der Waals surface area contributed by atoms with E-state index < -0.39 is 15.7 Å². The van der Waals surface area contributed by atoms with E-state index in [1.165, 1.54) is 12.8 Å². The standard InChI is InChI=1S/C17H23Cl2NO.CH4O3S/c1-10(2)20-16-11-3-5-12(6-4-11)17(16,21)13-7-8-14(18)15(19)9-13;1-5(2,3)4/h7-12,16,20-21H,3-6H2,1-2H3;1H3,(H,2,3,4)/t11?,12?,16-,17-;/m1./s1. The molecule has 0 spiro atoms. The number of nitrogens with one attached hydrogen (secondary N) is 1. The van der Waals surface area contributed by atoms with Crippen LogP contribution in [0.25, 0.3) is 0 Å². The molecule has 3 fully saturated rings. The maximum absolute atomic E-state index is 11.6. The van der Waals surface area contributed by atoms with Gasteiger partial charge in [-0.2, -0.15) is 8.42 Å². The van der Waals surface area contributed by atoms with Crippen LogP contribution < -0.4 is 5.32 Å². The van der Waals surface area contributed by atoms with Crippen LogP contribution in [0, 0.1) is 11.8 Å². The summed E-state index contributed by atoms with van der Waals surface area (Å²) in [7, 11) is -3.67. The van der Waals surface area contributed by atoms with Crippen molar-refractivity contribution in [2.24, 2.45) is 11.8 Å². The number of hydrogen-bond acceptors (Lipinski definition) is 4. The first-order chi connectivity index (χ1) is 11.9. The van der Waals surface area contributed by atoms with Gasteiger partial charge in [-0.05, 0) is 55.2 Å². The first-order valence-corrected chi connectivity index (χ1v) is 11.4. The Morgan fingerprint density at radius 1 is 1.15 bits per heavy atom. The molecule has 5 nitrogen and oxygen atoms in total. The molecule has 2 atom stereocenters. The summed E-state index contributed by atoms with van der Waals surface area (Å²) in [6.07, 6.45) is 5.32. The van der Waals surface area contributed by atoms with Gasteiger partial charge in [0, 0.05) is 12.1 Å². The normalized spacial score (nSPS) is 30.8. The SMILES string of the molecule is CC(C)N[C@@H]1C2CCC(CC2)[C@@]1(O)c1ccc(Cl)c(Cl)c1.CS(=O)(=O)O. The van der Waals surface area contributed by atoms with Gasteiger partial charge in [0.1, 0.15) is 5.60 Å². The van der Waals surface area contributed by atoms with Gasteiger partial charge >= 0.3 is 0 Å². The van der Waals surface area contributed by atoms with Crippen LogP contribution in [0.1, 0.15) is 45.1 Å². The summed E-state index contributed by atoms with van der Waals surface area (Å²) < 4.78 is 25.9. The molecular weight excluding hydrogens is 397 g/mol. The average molecular weight is 424 g/mol. The number of aliphatic hydroxyl groups is 1. The van der Waals surface area contributed by atoms with Crippen LogP contribution >= 0.6 is 23.2 Å². The van der Waals surface area contributed by atoms with Gasteiger partial charge in [0.15, 0.2) is 0 Å². The molecule has 0 unspecified atom stereocenters. The minimum absolute atomic E-state index is 0.0993. The smallest absolute Gasteiger partial charge is 0.261 e. The molecule has 0 heterocycles. The molecule has 4 rings (SSSR count). The Hall–Kier alpha value is -0.370. The Morgan fingerprint density at radius 2 is 1.69 bits per heavy atom. The predicted molar refractivity (Wildman–Crippen MR) is 105 cm³/mol. The molecule has 3 aliphatic rings. The molecule has 8 heteroatoms. The van der Waals surface area contributed by atoms with Crippen LogP contribution in [0.2, 0.25) is 10.0 Å². The number of halogens is 2. The van der Waals surface area contributed by atoms with Crippen molar-refractivity contribution in [2.45, 2.75) is 57.2 Å². The van der Waals surface area contributed by atoms with E-state index in [-0.39, 0.29) is 6.04 Å². The van der Waals surface area contributed by atoms with Crippen LogP contribution in [0.4, 0.5) is 0 Å². The van der Waals surface area contributed by atoms with Crippen molar-refractivity contribution in [2.75, 3.05) is 6.26 Å². The van der Waals surface area contributed by atoms with Crippen LogP contribution in [-0.4, -0.2) is 36.4 Å². The van der Waals surface area contributed by atoms with E-state index in [2.05, 4.69) is 19.2 Å². The summed E-state index contributed by atoms with van der Waals surface area (Å²) in [5.74, 6) is 0.841. The number of fused-ring (bicyclic) bond motifs is 3.